The fourth-order valence-corrected chi connectivity index (χ4v) is 1.24. The van der Waals surface area contributed by atoms with E-state index in [-0.39, 0.29) is 11.7 Å². The van der Waals surface area contributed by atoms with Crippen LogP contribution in [0, 0.1) is 5.92 Å². The first-order valence-electron chi connectivity index (χ1n) is 4.65. The minimum absolute atomic E-state index is 0.0333. The summed E-state index contributed by atoms with van der Waals surface area (Å²) in [4.78, 5) is 21.2. The van der Waals surface area contributed by atoms with Crippen molar-refractivity contribution in [2.24, 2.45) is 5.92 Å². The van der Waals surface area contributed by atoms with E-state index < -0.39 is 0 Å². The third-order valence-corrected chi connectivity index (χ3v) is 1.92. The molecule has 12 heavy (non-hydrogen) atoms. The highest BCUT2D eigenvalue weighted by molar-refractivity contribution is 5.78. The van der Waals surface area contributed by atoms with Gasteiger partial charge >= 0.3 is 0 Å². The maximum absolute atomic E-state index is 10.7. The predicted octanol–water partition coefficient (Wildman–Crippen LogP) is 2.36. The van der Waals surface area contributed by atoms with Crippen molar-refractivity contribution in [3.8, 4) is 0 Å². The molecule has 0 saturated carbocycles. The van der Waals surface area contributed by atoms with Gasteiger partial charge in [0.2, 0.25) is 0 Å². The second kappa shape index (κ2) is 7.01. The zero-order valence-corrected chi connectivity index (χ0v) is 8.01. The second-order valence-corrected chi connectivity index (χ2v) is 3.30. The molecule has 0 aromatic heterocycles. The molecule has 0 saturated heterocycles. The normalized spacial score (nSPS) is 12.5. The molecule has 0 amide bonds. The van der Waals surface area contributed by atoms with Crippen molar-refractivity contribution in [3.63, 3.8) is 0 Å². The third kappa shape index (κ3) is 6.08. The van der Waals surface area contributed by atoms with Crippen molar-refractivity contribution in [1.29, 1.82) is 0 Å². The number of Topliss-reactive ketones (excluding diaryl/α,β-unsaturated/α-hetero) is 1. The predicted molar refractivity (Wildman–Crippen MR) is 49.0 cm³/mol. The molecule has 1 atom stereocenters. The van der Waals surface area contributed by atoms with E-state index in [0.29, 0.717) is 6.42 Å². The number of unbranched alkanes of at least 4 members (excludes halogenated alkanes) is 2. The summed E-state index contributed by atoms with van der Waals surface area (Å²) in [5, 5.41) is 0. The van der Waals surface area contributed by atoms with Gasteiger partial charge in [-0.1, -0.05) is 26.2 Å². The highest BCUT2D eigenvalue weighted by atomic mass is 16.1. The molecule has 0 fully saturated rings. The first kappa shape index (κ1) is 11.3. The van der Waals surface area contributed by atoms with Crippen LogP contribution in [0.3, 0.4) is 0 Å². The standard InChI is InChI=1S/C10H18O2/c1-3-4-5-6-10(8-11)7-9(2)12/h8,10H,3-7H2,1-2H3. The van der Waals surface area contributed by atoms with Crippen LogP contribution in [-0.4, -0.2) is 12.1 Å². The molecule has 0 bridgehead atoms. The summed E-state index contributed by atoms with van der Waals surface area (Å²) in [6.45, 7) is 3.66. The topological polar surface area (TPSA) is 34.1 Å². The molecular formula is C10H18O2. The van der Waals surface area contributed by atoms with Gasteiger partial charge in [-0.25, -0.2) is 0 Å². The molecule has 0 N–H and O–H groups in total. The summed E-state index contributed by atoms with van der Waals surface area (Å²) in [6.07, 6.45) is 5.59. The number of hydrogen-bond donors (Lipinski definition) is 0. The first-order chi connectivity index (χ1) is 5.70. The van der Waals surface area contributed by atoms with Gasteiger partial charge in [0.15, 0.2) is 0 Å². The Hall–Kier alpha value is -0.660. The summed E-state index contributed by atoms with van der Waals surface area (Å²) in [5.74, 6) is 0.0812. The Labute approximate surface area is 74.3 Å². The van der Waals surface area contributed by atoms with Crippen molar-refractivity contribution < 1.29 is 9.59 Å². The summed E-state index contributed by atoms with van der Waals surface area (Å²) in [6, 6.07) is 0. The SMILES string of the molecule is CCCCCC(C=O)CC(C)=O. The van der Waals surface area contributed by atoms with Crippen LogP contribution in [-0.2, 0) is 9.59 Å². The number of aldehydes is 1. The van der Waals surface area contributed by atoms with Crippen LogP contribution < -0.4 is 0 Å². The molecule has 0 aliphatic heterocycles. The summed E-state index contributed by atoms with van der Waals surface area (Å²) in [5.41, 5.74) is 0. The fraction of sp³-hybridized carbons (Fsp3) is 0.800. The Morgan fingerprint density at radius 1 is 1.42 bits per heavy atom. The van der Waals surface area contributed by atoms with Crippen LogP contribution in [0.15, 0.2) is 0 Å². The highest BCUT2D eigenvalue weighted by Crippen LogP contribution is 2.11. The van der Waals surface area contributed by atoms with Gasteiger partial charge in [-0.05, 0) is 13.3 Å². The van der Waals surface area contributed by atoms with Crippen LogP contribution in [0.25, 0.3) is 0 Å². The van der Waals surface area contributed by atoms with Crippen molar-refractivity contribution in [3.05, 3.63) is 0 Å². The third-order valence-electron chi connectivity index (χ3n) is 1.92. The van der Waals surface area contributed by atoms with Gasteiger partial charge in [0.1, 0.15) is 12.1 Å². The molecular weight excluding hydrogens is 152 g/mol. The van der Waals surface area contributed by atoms with Crippen molar-refractivity contribution in [2.75, 3.05) is 0 Å². The van der Waals surface area contributed by atoms with Gasteiger partial charge in [0.05, 0.1) is 0 Å². The van der Waals surface area contributed by atoms with E-state index in [0.717, 1.165) is 32.0 Å². The Balaban J connectivity index is 3.53. The zero-order chi connectivity index (χ0) is 9.40. The quantitative estimate of drug-likeness (QED) is 0.434. The Morgan fingerprint density at radius 3 is 2.50 bits per heavy atom. The number of carbonyl (C=O) groups is 2. The summed E-state index contributed by atoms with van der Waals surface area (Å²) >= 11 is 0. The van der Waals surface area contributed by atoms with E-state index >= 15 is 0 Å². The number of carbonyl (C=O) groups excluding carboxylic acids is 2. The van der Waals surface area contributed by atoms with E-state index in [1.54, 1.807) is 0 Å². The molecule has 70 valence electrons. The van der Waals surface area contributed by atoms with Gasteiger partial charge in [-0.2, -0.15) is 0 Å². The smallest absolute Gasteiger partial charge is 0.130 e. The van der Waals surface area contributed by atoms with Crippen molar-refractivity contribution >= 4 is 12.1 Å². The average Bonchev–Trinajstić information content (AvgIpc) is 2.02. The Kier molecular flexibility index (Phi) is 6.63. The first-order valence-corrected chi connectivity index (χ1v) is 4.65. The molecule has 0 radical (unpaired) electrons. The largest absolute Gasteiger partial charge is 0.303 e. The maximum Gasteiger partial charge on any atom is 0.130 e. The molecule has 0 heterocycles. The average molecular weight is 170 g/mol. The van der Waals surface area contributed by atoms with Crippen molar-refractivity contribution in [1.82, 2.24) is 0 Å². The molecule has 1 unspecified atom stereocenters. The molecule has 0 aliphatic rings. The molecule has 2 nitrogen and oxygen atoms in total. The van der Waals surface area contributed by atoms with Gasteiger partial charge in [-0.3, -0.25) is 0 Å². The second-order valence-electron chi connectivity index (χ2n) is 3.30. The van der Waals surface area contributed by atoms with Gasteiger partial charge in [0.25, 0.3) is 0 Å². The van der Waals surface area contributed by atoms with Crippen LogP contribution in [0.5, 0.6) is 0 Å². The van der Waals surface area contributed by atoms with E-state index in [4.69, 9.17) is 0 Å². The molecule has 0 aromatic carbocycles. The molecule has 0 aromatic rings. The number of ketones is 1. The van der Waals surface area contributed by atoms with E-state index in [2.05, 4.69) is 6.92 Å². The lowest BCUT2D eigenvalue weighted by Gasteiger charge is -2.06. The van der Waals surface area contributed by atoms with Crippen LogP contribution >= 0.6 is 0 Å². The van der Waals surface area contributed by atoms with Crippen LogP contribution in [0.1, 0.15) is 46.0 Å². The van der Waals surface area contributed by atoms with Crippen LogP contribution in [0.4, 0.5) is 0 Å². The van der Waals surface area contributed by atoms with Gasteiger partial charge < -0.3 is 9.59 Å². The molecule has 0 rings (SSSR count). The molecule has 0 spiro atoms. The summed E-state index contributed by atoms with van der Waals surface area (Å²) < 4.78 is 0. The lowest BCUT2D eigenvalue weighted by atomic mass is 9.98. The molecule has 0 aliphatic carbocycles. The lowest BCUT2D eigenvalue weighted by Crippen LogP contribution is -2.07. The lowest BCUT2D eigenvalue weighted by molar-refractivity contribution is -0.121. The van der Waals surface area contributed by atoms with E-state index in [1.807, 2.05) is 0 Å². The number of rotatable bonds is 7. The van der Waals surface area contributed by atoms with E-state index in [1.165, 1.54) is 6.92 Å². The van der Waals surface area contributed by atoms with Crippen LogP contribution in [0.2, 0.25) is 0 Å². The minimum atomic E-state index is -0.0333. The van der Waals surface area contributed by atoms with Gasteiger partial charge in [-0.15, -0.1) is 0 Å². The highest BCUT2D eigenvalue weighted by Gasteiger charge is 2.08. The summed E-state index contributed by atoms with van der Waals surface area (Å²) in [7, 11) is 0. The van der Waals surface area contributed by atoms with E-state index in [9.17, 15) is 9.59 Å². The zero-order valence-electron chi connectivity index (χ0n) is 8.01. The Morgan fingerprint density at radius 2 is 2.08 bits per heavy atom. The minimum Gasteiger partial charge on any atom is -0.303 e. The monoisotopic (exact) mass is 170 g/mol. The number of hydrogen-bond acceptors (Lipinski definition) is 2. The Bertz CT molecular complexity index is 141. The molecule has 2 heteroatoms. The fourth-order valence-electron chi connectivity index (χ4n) is 1.24. The van der Waals surface area contributed by atoms with Crippen molar-refractivity contribution in [2.45, 2.75) is 46.0 Å². The maximum atomic E-state index is 10.7. The van der Waals surface area contributed by atoms with Gasteiger partial charge in [0, 0.05) is 12.3 Å².